The van der Waals surface area contributed by atoms with Crippen molar-refractivity contribution in [2.45, 2.75) is 25.3 Å². The minimum Gasteiger partial charge on any atom is -0.497 e. The molecule has 1 unspecified atom stereocenters. The molecule has 1 saturated heterocycles. The van der Waals surface area contributed by atoms with Crippen molar-refractivity contribution in [1.29, 1.82) is 0 Å². The van der Waals surface area contributed by atoms with E-state index < -0.39 is 0 Å². The Labute approximate surface area is 143 Å². The fourth-order valence-corrected chi connectivity index (χ4v) is 3.36. The van der Waals surface area contributed by atoms with Gasteiger partial charge in [0, 0.05) is 12.1 Å². The monoisotopic (exact) mass is 325 g/mol. The molecule has 1 aliphatic rings. The van der Waals surface area contributed by atoms with Crippen LogP contribution < -0.4 is 9.47 Å². The maximum atomic E-state index is 12.8. The quantitative estimate of drug-likeness (QED) is 0.843. The van der Waals surface area contributed by atoms with E-state index in [9.17, 15) is 4.79 Å². The molecule has 4 nitrogen and oxygen atoms in total. The SMILES string of the molecule is COc1ccc(OC)c(C2CCCN2C(=O)Cc2ccccc2)c1. The van der Waals surface area contributed by atoms with Crippen LogP contribution >= 0.6 is 0 Å². The van der Waals surface area contributed by atoms with Gasteiger partial charge < -0.3 is 14.4 Å². The number of carbonyl (C=O) groups is 1. The number of likely N-dealkylation sites (tertiary alicyclic amines) is 1. The minimum atomic E-state index is 0.0475. The topological polar surface area (TPSA) is 38.8 Å². The summed E-state index contributed by atoms with van der Waals surface area (Å²) in [5, 5.41) is 0. The zero-order valence-corrected chi connectivity index (χ0v) is 14.2. The summed E-state index contributed by atoms with van der Waals surface area (Å²) in [7, 11) is 3.31. The molecule has 0 spiro atoms. The van der Waals surface area contributed by atoms with E-state index in [-0.39, 0.29) is 11.9 Å². The van der Waals surface area contributed by atoms with E-state index in [0.29, 0.717) is 6.42 Å². The molecule has 1 atom stereocenters. The second-order valence-electron chi connectivity index (χ2n) is 6.02. The molecule has 24 heavy (non-hydrogen) atoms. The minimum absolute atomic E-state index is 0.0475. The van der Waals surface area contributed by atoms with Crippen LogP contribution in [-0.2, 0) is 11.2 Å². The summed E-state index contributed by atoms with van der Waals surface area (Å²) in [5.41, 5.74) is 2.07. The number of rotatable bonds is 5. The Balaban J connectivity index is 1.84. The second-order valence-corrected chi connectivity index (χ2v) is 6.02. The van der Waals surface area contributed by atoms with Crippen LogP contribution in [0.4, 0.5) is 0 Å². The smallest absolute Gasteiger partial charge is 0.227 e. The largest absolute Gasteiger partial charge is 0.497 e. The summed E-state index contributed by atoms with van der Waals surface area (Å²) < 4.78 is 10.9. The van der Waals surface area contributed by atoms with Crippen molar-refractivity contribution in [3.8, 4) is 11.5 Å². The van der Waals surface area contributed by atoms with Crippen molar-refractivity contribution in [2.75, 3.05) is 20.8 Å². The lowest BCUT2D eigenvalue weighted by Gasteiger charge is -2.27. The number of methoxy groups -OCH3 is 2. The highest BCUT2D eigenvalue weighted by atomic mass is 16.5. The van der Waals surface area contributed by atoms with Gasteiger partial charge in [-0.3, -0.25) is 4.79 Å². The molecule has 0 aliphatic carbocycles. The maximum Gasteiger partial charge on any atom is 0.227 e. The average molecular weight is 325 g/mol. The summed E-state index contributed by atoms with van der Waals surface area (Å²) >= 11 is 0. The number of hydrogen-bond donors (Lipinski definition) is 0. The van der Waals surface area contributed by atoms with Gasteiger partial charge in [0.05, 0.1) is 26.7 Å². The van der Waals surface area contributed by atoms with Gasteiger partial charge >= 0.3 is 0 Å². The van der Waals surface area contributed by atoms with E-state index in [1.807, 2.05) is 53.4 Å². The van der Waals surface area contributed by atoms with Gasteiger partial charge in [-0.25, -0.2) is 0 Å². The highest BCUT2D eigenvalue weighted by Crippen LogP contribution is 2.39. The van der Waals surface area contributed by atoms with Gasteiger partial charge in [-0.2, -0.15) is 0 Å². The van der Waals surface area contributed by atoms with Crippen LogP contribution in [0.15, 0.2) is 48.5 Å². The lowest BCUT2D eigenvalue weighted by molar-refractivity contribution is -0.131. The summed E-state index contributed by atoms with van der Waals surface area (Å²) in [6, 6.07) is 15.7. The molecule has 0 N–H and O–H groups in total. The molecule has 3 rings (SSSR count). The van der Waals surface area contributed by atoms with Gasteiger partial charge in [-0.1, -0.05) is 30.3 Å². The van der Waals surface area contributed by atoms with Gasteiger partial charge in [0.15, 0.2) is 0 Å². The molecule has 1 fully saturated rings. The van der Waals surface area contributed by atoms with E-state index in [4.69, 9.17) is 9.47 Å². The van der Waals surface area contributed by atoms with Crippen molar-refractivity contribution in [3.63, 3.8) is 0 Å². The first-order chi connectivity index (χ1) is 11.7. The first-order valence-corrected chi connectivity index (χ1v) is 8.28. The standard InChI is InChI=1S/C20H23NO3/c1-23-16-10-11-19(24-2)17(14-16)18-9-6-12-21(18)20(22)13-15-7-4-3-5-8-15/h3-5,7-8,10-11,14,18H,6,9,12-13H2,1-2H3. The molecule has 1 aliphatic heterocycles. The van der Waals surface area contributed by atoms with Crippen molar-refractivity contribution < 1.29 is 14.3 Å². The molecule has 1 amide bonds. The van der Waals surface area contributed by atoms with Crippen LogP contribution in [0.2, 0.25) is 0 Å². The molecular weight excluding hydrogens is 302 g/mol. The molecule has 0 bridgehead atoms. The number of ether oxygens (including phenoxy) is 2. The maximum absolute atomic E-state index is 12.8. The average Bonchev–Trinajstić information content (AvgIpc) is 3.11. The Hall–Kier alpha value is -2.49. The lowest BCUT2D eigenvalue weighted by Crippen LogP contribution is -2.32. The van der Waals surface area contributed by atoms with Crippen molar-refractivity contribution in [3.05, 3.63) is 59.7 Å². The molecule has 0 aromatic heterocycles. The Bertz CT molecular complexity index is 699. The highest BCUT2D eigenvalue weighted by molar-refractivity contribution is 5.79. The zero-order chi connectivity index (χ0) is 16.9. The molecule has 0 radical (unpaired) electrons. The molecule has 1 heterocycles. The number of nitrogens with zero attached hydrogens (tertiary/aromatic N) is 1. The van der Waals surface area contributed by atoms with Gasteiger partial charge in [-0.05, 0) is 36.6 Å². The Kier molecular flexibility index (Phi) is 5.04. The Morgan fingerprint density at radius 1 is 1.12 bits per heavy atom. The van der Waals surface area contributed by atoms with E-state index in [1.165, 1.54) is 0 Å². The summed E-state index contributed by atoms with van der Waals surface area (Å²) in [6.45, 7) is 0.788. The van der Waals surface area contributed by atoms with Crippen LogP contribution in [0.3, 0.4) is 0 Å². The fourth-order valence-electron chi connectivity index (χ4n) is 3.36. The first kappa shape index (κ1) is 16.4. The third-order valence-electron chi connectivity index (χ3n) is 4.57. The van der Waals surface area contributed by atoms with E-state index in [2.05, 4.69) is 0 Å². The first-order valence-electron chi connectivity index (χ1n) is 8.28. The van der Waals surface area contributed by atoms with E-state index in [1.54, 1.807) is 14.2 Å². The molecular formula is C20H23NO3. The third-order valence-corrected chi connectivity index (χ3v) is 4.57. The van der Waals surface area contributed by atoms with Crippen molar-refractivity contribution >= 4 is 5.91 Å². The summed E-state index contributed by atoms with van der Waals surface area (Å²) in [4.78, 5) is 14.8. The number of hydrogen-bond acceptors (Lipinski definition) is 3. The molecule has 2 aromatic carbocycles. The van der Waals surface area contributed by atoms with Crippen molar-refractivity contribution in [1.82, 2.24) is 4.90 Å². The molecule has 126 valence electrons. The second kappa shape index (κ2) is 7.39. The third kappa shape index (κ3) is 3.37. The number of amides is 1. The van der Waals surface area contributed by atoms with E-state index >= 15 is 0 Å². The van der Waals surface area contributed by atoms with Crippen molar-refractivity contribution in [2.24, 2.45) is 0 Å². The molecule has 2 aromatic rings. The van der Waals surface area contributed by atoms with Gasteiger partial charge in [-0.15, -0.1) is 0 Å². The van der Waals surface area contributed by atoms with Crippen LogP contribution in [-0.4, -0.2) is 31.6 Å². The Morgan fingerprint density at radius 2 is 1.92 bits per heavy atom. The summed E-state index contributed by atoms with van der Waals surface area (Å²) in [6.07, 6.45) is 2.39. The molecule has 0 saturated carbocycles. The lowest BCUT2D eigenvalue weighted by atomic mass is 10.0. The van der Waals surface area contributed by atoms with E-state index in [0.717, 1.165) is 42.0 Å². The fraction of sp³-hybridized carbons (Fsp3) is 0.350. The predicted octanol–water partition coefficient (Wildman–Crippen LogP) is 3.61. The number of benzene rings is 2. The van der Waals surface area contributed by atoms with Gasteiger partial charge in [0.2, 0.25) is 5.91 Å². The zero-order valence-electron chi connectivity index (χ0n) is 14.2. The normalized spacial score (nSPS) is 16.9. The van der Waals surface area contributed by atoms with Gasteiger partial charge in [0.1, 0.15) is 11.5 Å². The highest BCUT2D eigenvalue weighted by Gasteiger charge is 2.32. The van der Waals surface area contributed by atoms with Crippen LogP contribution in [0, 0.1) is 0 Å². The van der Waals surface area contributed by atoms with Crippen LogP contribution in [0.1, 0.15) is 30.0 Å². The number of carbonyl (C=O) groups excluding carboxylic acids is 1. The van der Waals surface area contributed by atoms with Crippen LogP contribution in [0.25, 0.3) is 0 Å². The Morgan fingerprint density at radius 3 is 2.62 bits per heavy atom. The van der Waals surface area contributed by atoms with Gasteiger partial charge in [0.25, 0.3) is 0 Å². The van der Waals surface area contributed by atoms with Crippen LogP contribution in [0.5, 0.6) is 11.5 Å². The summed E-state index contributed by atoms with van der Waals surface area (Å²) in [5.74, 6) is 1.75. The molecule has 4 heteroatoms. The predicted molar refractivity (Wildman–Crippen MR) is 93.4 cm³/mol.